The number of unbranched alkanes of at least 4 members (excludes halogenated alkanes) is 58. The van der Waals surface area contributed by atoms with Crippen molar-refractivity contribution in [2.45, 2.75) is 485 Å². The molecule has 2 fully saturated rings. The molecule has 1 amide bonds. The molecule has 14 nitrogen and oxygen atoms in total. The van der Waals surface area contributed by atoms with Gasteiger partial charge in [0.25, 0.3) is 0 Å². The molecule has 0 aromatic carbocycles. The predicted octanol–water partition coefficient (Wildman–Crippen LogP) is 18.7. The molecular formula is C80H157NO13. The van der Waals surface area contributed by atoms with E-state index >= 15 is 0 Å². The summed E-state index contributed by atoms with van der Waals surface area (Å²) < 4.78 is 23.0. The van der Waals surface area contributed by atoms with Crippen LogP contribution in [0.2, 0.25) is 0 Å². The van der Waals surface area contributed by atoms with Crippen molar-refractivity contribution < 1.29 is 64.6 Å². The van der Waals surface area contributed by atoms with Crippen molar-refractivity contribution in [2.24, 2.45) is 0 Å². The average molecular weight is 1340 g/mol. The third kappa shape index (κ3) is 47.9. The Balaban J connectivity index is 1.58. The highest BCUT2D eigenvalue weighted by molar-refractivity contribution is 5.76. The van der Waals surface area contributed by atoms with E-state index in [2.05, 4.69) is 19.2 Å². The maximum absolute atomic E-state index is 13.4. The second kappa shape index (κ2) is 65.3. The van der Waals surface area contributed by atoms with Gasteiger partial charge in [0.15, 0.2) is 12.6 Å². The molecule has 12 unspecified atom stereocenters. The van der Waals surface area contributed by atoms with Gasteiger partial charge in [-0.15, -0.1) is 0 Å². The molecule has 0 aliphatic carbocycles. The van der Waals surface area contributed by atoms with Gasteiger partial charge in [-0.2, -0.15) is 0 Å². The third-order valence-corrected chi connectivity index (χ3v) is 20.8. The van der Waals surface area contributed by atoms with Crippen LogP contribution in [0.25, 0.3) is 0 Å². The van der Waals surface area contributed by atoms with Gasteiger partial charge in [-0.25, -0.2) is 0 Å². The Bertz CT molecular complexity index is 1580. The maximum Gasteiger partial charge on any atom is 0.220 e. The summed E-state index contributed by atoms with van der Waals surface area (Å²) in [5.41, 5.74) is 0. The lowest BCUT2D eigenvalue weighted by Crippen LogP contribution is -2.65. The van der Waals surface area contributed by atoms with Crippen LogP contribution in [0.15, 0.2) is 0 Å². The highest BCUT2D eigenvalue weighted by Gasteiger charge is 2.51. The molecule has 9 N–H and O–H groups in total. The zero-order valence-corrected chi connectivity index (χ0v) is 61.5. The number of aliphatic hydroxyl groups excluding tert-OH is 8. The van der Waals surface area contributed by atoms with Crippen molar-refractivity contribution in [1.82, 2.24) is 5.32 Å². The topological polar surface area (TPSA) is 228 Å². The summed E-state index contributed by atoms with van der Waals surface area (Å²) >= 11 is 0. The van der Waals surface area contributed by atoms with Gasteiger partial charge in [-0.1, -0.05) is 393 Å². The van der Waals surface area contributed by atoms with Crippen LogP contribution >= 0.6 is 0 Å². The molecule has 0 saturated carbocycles. The molecule has 0 aromatic rings. The fourth-order valence-corrected chi connectivity index (χ4v) is 14.3. The molecule has 0 radical (unpaired) electrons. The Morgan fingerprint density at radius 1 is 0.340 bits per heavy atom. The van der Waals surface area contributed by atoms with Crippen LogP contribution in [-0.4, -0.2) is 140 Å². The Hall–Kier alpha value is -1.01. The lowest BCUT2D eigenvalue weighted by Gasteiger charge is -2.46. The fourth-order valence-electron chi connectivity index (χ4n) is 14.3. The number of ether oxygens (including phenoxy) is 4. The number of carbonyl (C=O) groups is 1. The quantitative estimate of drug-likeness (QED) is 0.0259. The van der Waals surface area contributed by atoms with Crippen LogP contribution in [0.5, 0.6) is 0 Å². The Labute approximate surface area is 578 Å². The van der Waals surface area contributed by atoms with E-state index in [0.29, 0.717) is 12.8 Å². The monoisotopic (exact) mass is 1340 g/mol. The number of aliphatic hydroxyl groups is 8. The minimum atomic E-state index is -1.78. The van der Waals surface area contributed by atoms with Gasteiger partial charge in [0.05, 0.1) is 32.0 Å². The van der Waals surface area contributed by atoms with Crippen molar-refractivity contribution in [3.05, 3.63) is 0 Å². The first-order valence-electron chi connectivity index (χ1n) is 41.3. The van der Waals surface area contributed by atoms with E-state index in [1.54, 1.807) is 0 Å². The number of nitrogens with one attached hydrogen (secondary N) is 1. The van der Waals surface area contributed by atoms with E-state index in [1.807, 2.05) is 0 Å². The zero-order chi connectivity index (χ0) is 68.0. The number of carbonyl (C=O) groups excluding carboxylic acids is 1. The number of amides is 1. The van der Waals surface area contributed by atoms with Crippen molar-refractivity contribution in [3.63, 3.8) is 0 Å². The van der Waals surface area contributed by atoms with E-state index in [9.17, 15) is 45.6 Å². The summed E-state index contributed by atoms with van der Waals surface area (Å²) in [7, 11) is 0. The van der Waals surface area contributed by atoms with E-state index in [1.165, 1.54) is 334 Å². The molecule has 2 rings (SSSR count). The van der Waals surface area contributed by atoms with Crippen LogP contribution < -0.4 is 5.32 Å². The van der Waals surface area contributed by atoms with Crippen molar-refractivity contribution in [1.29, 1.82) is 0 Å². The predicted molar refractivity (Wildman–Crippen MR) is 388 cm³/mol. The van der Waals surface area contributed by atoms with E-state index in [-0.39, 0.29) is 12.5 Å². The first-order chi connectivity index (χ1) is 46.1. The van der Waals surface area contributed by atoms with Crippen LogP contribution in [0.3, 0.4) is 0 Å². The second-order valence-corrected chi connectivity index (χ2v) is 29.6. The normalized spacial score (nSPS) is 22.3. The number of hydrogen-bond acceptors (Lipinski definition) is 13. The molecule has 0 spiro atoms. The molecule has 0 bridgehead atoms. The molecule has 2 saturated heterocycles. The standard InChI is InChI=1S/C80H157NO13/c1-3-5-7-9-11-13-15-17-19-21-23-25-27-29-31-32-33-34-35-36-37-38-40-42-44-46-48-50-52-54-56-58-60-62-64-72(85)81-68(67-91-79-77(90)75(88)78(71(66-83)93-79)94-80-76(89)74(87)73(86)70(65-82)92-80)69(84)63-61-59-57-55-53-51-49-47-45-43-41-39-30-28-26-24-22-20-18-16-14-12-10-8-6-4-2/h68-71,73-80,82-84,86-90H,3-67H2,1-2H3,(H,81,85). The van der Waals surface area contributed by atoms with Gasteiger partial charge in [0.1, 0.15) is 48.8 Å². The third-order valence-electron chi connectivity index (χ3n) is 20.8. The number of rotatable bonds is 71. The summed E-state index contributed by atoms with van der Waals surface area (Å²) in [4.78, 5) is 13.4. The second-order valence-electron chi connectivity index (χ2n) is 29.6. The van der Waals surface area contributed by atoms with Gasteiger partial charge in [-0.3, -0.25) is 4.79 Å². The van der Waals surface area contributed by atoms with Gasteiger partial charge < -0.3 is 65.1 Å². The van der Waals surface area contributed by atoms with Gasteiger partial charge in [-0.05, 0) is 12.8 Å². The Morgan fingerprint density at radius 2 is 0.606 bits per heavy atom. The molecule has 14 heteroatoms. The zero-order valence-electron chi connectivity index (χ0n) is 61.5. The number of hydrogen-bond donors (Lipinski definition) is 9. The van der Waals surface area contributed by atoms with E-state index in [4.69, 9.17) is 18.9 Å². The first kappa shape index (κ1) is 89.1. The van der Waals surface area contributed by atoms with Crippen molar-refractivity contribution >= 4 is 5.91 Å². The van der Waals surface area contributed by atoms with E-state index < -0.39 is 86.8 Å². The molecule has 2 aliphatic rings. The highest BCUT2D eigenvalue weighted by Crippen LogP contribution is 2.31. The molecule has 2 heterocycles. The van der Waals surface area contributed by atoms with E-state index in [0.717, 1.165) is 51.4 Å². The maximum atomic E-state index is 13.4. The highest BCUT2D eigenvalue weighted by atomic mass is 16.7. The van der Waals surface area contributed by atoms with Crippen molar-refractivity contribution in [2.75, 3.05) is 19.8 Å². The molecule has 94 heavy (non-hydrogen) atoms. The summed E-state index contributed by atoms with van der Waals surface area (Å²) in [6, 6.07) is -0.826. The van der Waals surface area contributed by atoms with Gasteiger partial charge in [0, 0.05) is 6.42 Å². The SMILES string of the molecule is CCCCCCCCCCCCCCCCCCCCCCCCCCCCCCCCCCCCC(=O)NC(COC1OC(CO)C(OC2OC(CO)C(O)C(O)C2O)C(O)C1O)C(O)CCCCCCCCCCCCCCCCCCCCCCCCCCCC. The fraction of sp³-hybridized carbons (Fsp3) is 0.988. The minimum Gasteiger partial charge on any atom is -0.394 e. The lowest BCUT2D eigenvalue weighted by atomic mass is 9.97. The van der Waals surface area contributed by atoms with Crippen LogP contribution in [0.1, 0.15) is 412 Å². The lowest BCUT2D eigenvalue weighted by molar-refractivity contribution is -0.359. The first-order valence-corrected chi connectivity index (χ1v) is 41.3. The summed E-state index contributed by atoms with van der Waals surface area (Å²) in [5.74, 6) is -0.194. The molecule has 0 aromatic heterocycles. The van der Waals surface area contributed by atoms with Gasteiger partial charge >= 0.3 is 0 Å². The molecule has 2 aliphatic heterocycles. The van der Waals surface area contributed by atoms with Gasteiger partial charge in [0.2, 0.25) is 5.91 Å². The molecular weight excluding hydrogens is 1180 g/mol. The molecule has 560 valence electrons. The average Bonchev–Trinajstić information content (AvgIpc) is 0.794. The Morgan fingerprint density at radius 3 is 0.904 bits per heavy atom. The molecule has 12 atom stereocenters. The summed E-state index contributed by atoms with van der Waals surface area (Å²) in [6.45, 7) is 2.95. The minimum absolute atomic E-state index is 0.194. The summed E-state index contributed by atoms with van der Waals surface area (Å²) in [5, 5.41) is 87.9. The van der Waals surface area contributed by atoms with Crippen molar-refractivity contribution in [3.8, 4) is 0 Å². The largest absolute Gasteiger partial charge is 0.394 e. The van der Waals surface area contributed by atoms with Crippen LogP contribution in [0.4, 0.5) is 0 Å². The Kier molecular flexibility index (Phi) is 61.9. The summed E-state index contributed by atoms with van der Waals surface area (Å²) in [6.07, 6.45) is 64.4. The smallest absolute Gasteiger partial charge is 0.220 e. The van der Waals surface area contributed by atoms with Crippen LogP contribution in [0, 0.1) is 0 Å². The van der Waals surface area contributed by atoms with Crippen LogP contribution in [-0.2, 0) is 23.7 Å².